The third kappa shape index (κ3) is 2.20. The number of benzene rings is 1. The average molecular weight is 249 g/mol. The number of hydrogen-bond donors (Lipinski definition) is 2. The maximum absolute atomic E-state index is 10.9. The van der Waals surface area contributed by atoms with Crippen molar-refractivity contribution in [1.82, 2.24) is 0 Å². The van der Waals surface area contributed by atoms with Crippen molar-refractivity contribution in [1.29, 1.82) is 0 Å². The number of hydrogen-bond acceptors (Lipinski definition) is 3. The molecule has 1 aromatic rings. The van der Waals surface area contributed by atoms with E-state index < -0.39 is 5.97 Å². The molecule has 0 saturated carbocycles. The fraction of sp³-hybridized carbons (Fsp3) is 0.500. The highest BCUT2D eigenvalue weighted by molar-refractivity contribution is 5.88. The minimum Gasteiger partial charge on any atom is -0.478 e. The third-order valence-electron chi connectivity index (χ3n) is 3.82. The largest absolute Gasteiger partial charge is 0.478 e. The van der Waals surface area contributed by atoms with Gasteiger partial charge in [0.2, 0.25) is 0 Å². The van der Waals surface area contributed by atoms with Crippen LogP contribution in [0.25, 0.3) is 0 Å². The van der Waals surface area contributed by atoms with E-state index in [0.29, 0.717) is 11.5 Å². The molecule has 1 aromatic carbocycles. The van der Waals surface area contributed by atoms with Crippen molar-refractivity contribution in [2.45, 2.75) is 26.3 Å². The van der Waals surface area contributed by atoms with Crippen LogP contribution >= 0.6 is 0 Å². The van der Waals surface area contributed by atoms with E-state index in [4.69, 9.17) is 5.11 Å². The molecule has 0 aromatic heterocycles. The molecule has 0 bridgehead atoms. The van der Waals surface area contributed by atoms with Gasteiger partial charge in [-0.1, -0.05) is 6.92 Å². The molecule has 2 rings (SSSR count). The lowest BCUT2D eigenvalue weighted by atomic mass is 10.0. The standard InChI is InChI=1S/C14H19NO3/c1-9-5-6-15(13(9)8-16)12-4-3-11(14(17)18)7-10(12)2/h3-4,7,9,13,16H,5-6,8H2,1-2H3,(H,17,18). The van der Waals surface area contributed by atoms with Crippen LogP contribution in [0.15, 0.2) is 18.2 Å². The molecule has 4 heteroatoms. The van der Waals surface area contributed by atoms with Gasteiger partial charge in [0.15, 0.2) is 0 Å². The fourth-order valence-corrected chi connectivity index (χ4v) is 2.70. The van der Waals surface area contributed by atoms with Crippen LogP contribution in [-0.4, -0.2) is 35.4 Å². The van der Waals surface area contributed by atoms with Crippen molar-refractivity contribution in [2.24, 2.45) is 5.92 Å². The first kappa shape index (κ1) is 12.9. The number of carbonyl (C=O) groups is 1. The van der Waals surface area contributed by atoms with Crippen LogP contribution in [0, 0.1) is 12.8 Å². The predicted octanol–water partition coefficient (Wildman–Crippen LogP) is 1.90. The van der Waals surface area contributed by atoms with E-state index in [1.165, 1.54) is 0 Å². The zero-order valence-corrected chi connectivity index (χ0v) is 10.8. The summed E-state index contributed by atoms with van der Waals surface area (Å²) in [6.45, 7) is 5.11. The van der Waals surface area contributed by atoms with Crippen LogP contribution in [0.5, 0.6) is 0 Å². The van der Waals surface area contributed by atoms with Gasteiger partial charge < -0.3 is 15.1 Å². The molecule has 2 atom stereocenters. The Morgan fingerprint density at radius 2 is 2.22 bits per heavy atom. The number of aliphatic hydroxyl groups excluding tert-OH is 1. The summed E-state index contributed by atoms with van der Waals surface area (Å²) in [5.41, 5.74) is 2.29. The molecule has 1 aliphatic rings. The second-order valence-corrected chi connectivity index (χ2v) is 5.02. The Labute approximate surface area is 107 Å². The molecule has 98 valence electrons. The maximum atomic E-state index is 10.9. The quantitative estimate of drug-likeness (QED) is 0.859. The smallest absolute Gasteiger partial charge is 0.335 e. The molecule has 1 heterocycles. The molecule has 18 heavy (non-hydrogen) atoms. The lowest BCUT2D eigenvalue weighted by Crippen LogP contribution is -2.35. The summed E-state index contributed by atoms with van der Waals surface area (Å²) < 4.78 is 0. The Bertz CT molecular complexity index is 458. The van der Waals surface area contributed by atoms with Crippen molar-refractivity contribution in [3.8, 4) is 0 Å². The van der Waals surface area contributed by atoms with Gasteiger partial charge in [0, 0.05) is 12.2 Å². The topological polar surface area (TPSA) is 60.8 Å². The number of carboxylic acid groups (broad SMARTS) is 1. The van der Waals surface area contributed by atoms with Crippen LogP contribution in [0.4, 0.5) is 5.69 Å². The molecule has 4 nitrogen and oxygen atoms in total. The molecule has 2 unspecified atom stereocenters. The Kier molecular flexibility index (Phi) is 3.57. The zero-order valence-electron chi connectivity index (χ0n) is 10.8. The van der Waals surface area contributed by atoms with Crippen LogP contribution in [0.2, 0.25) is 0 Å². The second kappa shape index (κ2) is 4.98. The fourth-order valence-electron chi connectivity index (χ4n) is 2.70. The van der Waals surface area contributed by atoms with Gasteiger partial charge in [0.05, 0.1) is 18.2 Å². The van der Waals surface area contributed by atoms with Crippen molar-refractivity contribution in [3.63, 3.8) is 0 Å². The summed E-state index contributed by atoms with van der Waals surface area (Å²) in [5.74, 6) is -0.438. The number of aliphatic hydroxyl groups is 1. The average Bonchev–Trinajstić information content (AvgIpc) is 2.70. The normalized spacial score (nSPS) is 23.4. The van der Waals surface area contributed by atoms with Gasteiger partial charge in [0.25, 0.3) is 0 Å². The molecule has 1 fully saturated rings. The van der Waals surface area contributed by atoms with E-state index in [1.807, 2.05) is 13.0 Å². The molecule has 0 aliphatic carbocycles. The number of nitrogens with zero attached hydrogens (tertiary/aromatic N) is 1. The van der Waals surface area contributed by atoms with Gasteiger partial charge in [-0.15, -0.1) is 0 Å². The number of rotatable bonds is 3. The second-order valence-electron chi connectivity index (χ2n) is 5.02. The Hall–Kier alpha value is -1.55. The van der Waals surface area contributed by atoms with Gasteiger partial charge >= 0.3 is 5.97 Å². The van der Waals surface area contributed by atoms with E-state index in [2.05, 4.69) is 11.8 Å². The number of aryl methyl sites for hydroxylation is 1. The van der Waals surface area contributed by atoms with Crippen LogP contribution in [-0.2, 0) is 0 Å². The minimum atomic E-state index is -0.904. The van der Waals surface area contributed by atoms with Gasteiger partial charge in [-0.05, 0) is 43.0 Å². The first-order chi connectivity index (χ1) is 8.54. The Morgan fingerprint density at radius 3 is 2.78 bits per heavy atom. The zero-order chi connectivity index (χ0) is 13.3. The van der Waals surface area contributed by atoms with E-state index in [0.717, 1.165) is 24.2 Å². The highest BCUT2D eigenvalue weighted by Crippen LogP contribution is 2.31. The van der Waals surface area contributed by atoms with Crippen LogP contribution < -0.4 is 4.90 Å². The summed E-state index contributed by atoms with van der Waals surface area (Å²) in [4.78, 5) is 13.1. The first-order valence-electron chi connectivity index (χ1n) is 6.26. The minimum absolute atomic E-state index is 0.138. The number of aromatic carboxylic acids is 1. The number of anilines is 1. The molecule has 0 amide bonds. The highest BCUT2D eigenvalue weighted by Gasteiger charge is 2.31. The highest BCUT2D eigenvalue weighted by atomic mass is 16.4. The lowest BCUT2D eigenvalue weighted by molar-refractivity contribution is 0.0697. The third-order valence-corrected chi connectivity index (χ3v) is 3.82. The summed E-state index contributed by atoms with van der Waals surface area (Å²) in [6, 6.07) is 5.30. The molecular formula is C14H19NO3. The van der Waals surface area contributed by atoms with Crippen molar-refractivity contribution in [2.75, 3.05) is 18.1 Å². The summed E-state index contributed by atoms with van der Waals surface area (Å²) in [5, 5.41) is 18.4. The van der Waals surface area contributed by atoms with Crippen LogP contribution in [0.1, 0.15) is 29.3 Å². The monoisotopic (exact) mass is 249 g/mol. The lowest BCUT2D eigenvalue weighted by Gasteiger charge is -2.28. The van der Waals surface area contributed by atoms with Crippen LogP contribution in [0.3, 0.4) is 0 Å². The Morgan fingerprint density at radius 1 is 1.50 bits per heavy atom. The predicted molar refractivity (Wildman–Crippen MR) is 70.1 cm³/mol. The maximum Gasteiger partial charge on any atom is 0.335 e. The molecule has 1 aliphatic heterocycles. The molecule has 1 saturated heterocycles. The number of carboxylic acids is 1. The Balaban J connectivity index is 2.31. The van der Waals surface area contributed by atoms with E-state index in [1.54, 1.807) is 12.1 Å². The molecule has 2 N–H and O–H groups in total. The summed E-state index contributed by atoms with van der Waals surface area (Å²) in [7, 11) is 0. The van der Waals surface area contributed by atoms with E-state index in [9.17, 15) is 9.90 Å². The van der Waals surface area contributed by atoms with Crippen molar-refractivity contribution < 1.29 is 15.0 Å². The SMILES string of the molecule is Cc1cc(C(=O)O)ccc1N1CCC(C)C1CO. The van der Waals surface area contributed by atoms with Crippen molar-refractivity contribution >= 4 is 11.7 Å². The van der Waals surface area contributed by atoms with E-state index >= 15 is 0 Å². The molecule has 0 radical (unpaired) electrons. The van der Waals surface area contributed by atoms with Gasteiger partial charge in [0.1, 0.15) is 0 Å². The van der Waals surface area contributed by atoms with E-state index in [-0.39, 0.29) is 12.6 Å². The first-order valence-corrected chi connectivity index (χ1v) is 6.26. The summed E-state index contributed by atoms with van der Waals surface area (Å²) in [6.07, 6.45) is 1.06. The van der Waals surface area contributed by atoms with Crippen molar-refractivity contribution in [3.05, 3.63) is 29.3 Å². The van der Waals surface area contributed by atoms with Gasteiger partial charge in [-0.2, -0.15) is 0 Å². The summed E-state index contributed by atoms with van der Waals surface area (Å²) >= 11 is 0. The molecule has 0 spiro atoms. The van der Waals surface area contributed by atoms with Gasteiger partial charge in [-0.25, -0.2) is 4.79 Å². The van der Waals surface area contributed by atoms with Gasteiger partial charge in [-0.3, -0.25) is 0 Å². The molecular weight excluding hydrogens is 230 g/mol.